The SMILES string of the molecule is CCc1cc(CC(=O)CC2CSCCN2)n(C)n1. The summed E-state index contributed by atoms with van der Waals surface area (Å²) in [6.07, 6.45) is 2.06. The molecule has 1 fully saturated rings. The number of ketones is 1. The van der Waals surface area contributed by atoms with E-state index in [1.165, 1.54) is 0 Å². The Morgan fingerprint density at radius 1 is 1.67 bits per heavy atom. The van der Waals surface area contributed by atoms with E-state index < -0.39 is 0 Å². The second-order valence-corrected chi connectivity index (χ2v) is 5.90. The van der Waals surface area contributed by atoms with Crippen LogP contribution in [0.25, 0.3) is 0 Å². The lowest BCUT2D eigenvalue weighted by atomic mass is 10.1. The first-order valence-corrected chi connectivity index (χ1v) is 7.69. The Hall–Kier alpha value is -0.810. The summed E-state index contributed by atoms with van der Waals surface area (Å²) in [4.78, 5) is 12.0. The fourth-order valence-electron chi connectivity index (χ4n) is 2.21. The monoisotopic (exact) mass is 267 g/mol. The molecule has 2 rings (SSSR count). The molecule has 0 aliphatic carbocycles. The van der Waals surface area contributed by atoms with Crippen molar-refractivity contribution in [3.63, 3.8) is 0 Å². The van der Waals surface area contributed by atoms with Gasteiger partial charge in [0.15, 0.2) is 0 Å². The van der Waals surface area contributed by atoms with Crippen molar-refractivity contribution in [2.24, 2.45) is 7.05 Å². The molecule has 1 atom stereocenters. The number of nitrogens with one attached hydrogen (secondary N) is 1. The number of aryl methyl sites for hydroxylation is 2. The van der Waals surface area contributed by atoms with E-state index in [4.69, 9.17) is 0 Å². The number of thioether (sulfide) groups is 1. The van der Waals surface area contributed by atoms with Gasteiger partial charge in [-0.3, -0.25) is 9.48 Å². The van der Waals surface area contributed by atoms with Gasteiger partial charge < -0.3 is 5.32 Å². The van der Waals surface area contributed by atoms with E-state index in [1.807, 2.05) is 29.6 Å². The first-order chi connectivity index (χ1) is 8.69. The number of rotatable bonds is 5. The minimum Gasteiger partial charge on any atom is -0.312 e. The summed E-state index contributed by atoms with van der Waals surface area (Å²) in [6, 6.07) is 2.40. The van der Waals surface area contributed by atoms with Crippen LogP contribution in [-0.4, -0.2) is 39.7 Å². The summed E-state index contributed by atoms with van der Waals surface area (Å²) in [5.41, 5.74) is 2.09. The lowest BCUT2D eigenvalue weighted by Crippen LogP contribution is -2.39. The minimum absolute atomic E-state index is 0.306. The molecule has 18 heavy (non-hydrogen) atoms. The Kier molecular flexibility index (Phi) is 4.83. The molecule has 1 N–H and O–H groups in total. The second kappa shape index (κ2) is 6.38. The highest BCUT2D eigenvalue weighted by atomic mass is 32.2. The topological polar surface area (TPSA) is 46.9 Å². The highest BCUT2D eigenvalue weighted by molar-refractivity contribution is 7.99. The van der Waals surface area contributed by atoms with Gasteiger partial charge in [0.25, 0.3) is 0 Å². The average Bonchev–Trinajstić information content (AvgIpc) is 2.71. The molecule has 0 amide bonds. The van der Waals surface area contributed by atoms with Gasteiger partial charge in [0, 0.05) is 49.7 Å². The maximum atomic E-state index is 12.0. The first-order valence-electron chi connectivity index (χ1n) is 6.53. The molecule has 0 radical (unpaired) electrons. The minimum atomic E-state index is 0.306. The zero-order valence-corrected chi connectivity index (χ0v) is 11.9. The van der Waals surface area contributed by atoms with Crippen LogP contribution in [0.2, 0.25) is 0 Å². The Morgan fingerprint density at radius 2 is 2.50 bits per heavy atom. The van der Waals surface area contributed by atoms with Crippen molar-refractivity contribution in [3.05, 3.63) is 17.5 Å². The number of aromatic nitrogens is 2. The van der Waals surface area contributed by atoms with Crippen molar-refractivity contribution in [1.82, 2.24) is 15.1 Å². The molecule has 0 bridgehead atoms. The number of nitrogens with zero attached hydrogens (tertiary/aromatic N) is 2. The lowest BCUT2D eigenvalue weighted by Gasteiger charge is -2.22. The summed E-state index contributed by atoms with van der Waals surface area (Å²) in [5, 5.41) is 7.78. The van der Waals surface area contributed by atoms with Crippen LogP contribution in [0.3, 0.4) is 0 Å². The molecule has 2 heterocycles. The predicted molar refractivity (Wildman–Crippen MR) is 75.0 cm³/mol. The highest BCUT2D eigenvalue weighted by Crippen LogP contribution is 2.12. The third-order valence-corrected chi connectivity index (χ3v) is 4.37. The Labute approximate surface area is 113 Å². The van der Waals surface area contributed by atoms with Crippen molar-refractivity contribution in [1.29, 1.82) is 0 Å². The van der Waals surface area contributed by atoms with Crippen molar-refractivity contribution in [2.45, 2.75) is 32.2 Å². The van der Waals surface area contributed by atoms with E-state index in [0.717, 1.165) is 35.9 Å². The zero-order valence-electron chi connectivity index (χ0n) is 11.1. The summed E-state index contributed by atoms with van der Waals surface area (Å²) >= 11 is 1.93. The highest BCUT2D eigenvalue weighted by Gasteiger charge is 2.18. The van der Waals surface area contributed by atoms with Gasteiger partial charge in [-0.05, 0) is 12.5 Å². The number of hydrogen-bond acceptors (Lipinski definition) is 4. The smallest absolute Gasteiger partial charge is 0.140 e. The predicted octanol–water partition coefficient (Wildman–Crippen LogP) is 1.19. The van der Waals surface area contributed by atoms with E-state index >= 15 is 0 Å². The van der Waals surface area contributed by atoms with Crippen LogP contribution >= 0.6 is 11.8 Å². The molecule has 5 heteroatoms. The van der Waals surface area contributed by atoms with Gasteiger partial charge in [-0.2, -0.15) is 16.9 Å². The van der Waals surface area contributed by atoms with Gasteiger partial charge in [-0.15, -0.1) is 0 Å². The number of carbonyl (C=O) groups is 1. The van der Waals surface area contributed by atoms with Crippen molar-refractivity contribution >= 4 is 17.5 Å². The van der Waals surface area contributed by atoms with Crippen molar-refractivity contribution in [2.75, 3.05) is 18.1 Å². The van der Waals surface area contributed by atoms with Crippen molar-refractivity contribution in [3.8, 4) is 0 Å². The molecule has 1 aliphatic heterocycles. The summed E-state index contributed by atoms with van der Waals surface area (Å²) in [6.45, 7) is 3.10. The molecule has 0 saturated carbocycles. The summed E-state index contributed by atoms with van der Waals surface area (Å²) in [5.74, 6) is 2.52. The van der Waals surface area contributed by atoms with E-state index in [0.29, 0.717) is 24.7 Å². The van der Waals surface area contributed by atoms with Gasteiger partial charge >= 0.3 is 0 Å². The van der Waals surface area contributed by atoms with Gasteiger partial charge in [-0.25, -0.2) is 0 Å². The Bertz CT molecular complexity index is 410. The second-order valence-electron chi connectivity index (χ2n) is 4.75. The van der Waals surface area contributed by atoms with E-state index in [2.05, 4.69) is 17.3 Å². The maximum Gasteiger partial charge on any atom is 0.140 e. The van der Waals surface area contributed by atoms with E-state index in [1.54, 1.807) is 0 Å². The molecule has 1 unspecified atom stereocenters. The molecular formula is C13H21N3OS. The van der Waals surface area contributed by atoms with Crippen LogP contribution in [-0.2, 0) is 24.7 Å². The number of hydrogen-bond donors (Lipinski definition) is 1. The standard InChI is InChI=1S/C13H21N3OS/c1-3-10-6-12(16(2)15-10)8-13(17)7-11-9-18-5-4-14-11/h6,11,14H,3-5,7-9H2,1-2H3. The molecule has 0 aromatic carbocycles. The zero-order chi connectivity index (χ0) is 13.0. The van der Waals surface area contributed by atoms with Crippen molar-refractivity contribution < 1.29 is 4.79 Å². The average molecular weight is 267 g/mol. The lowest BCUT2D eigenvalue weighted by molar-refractivity contribution is -0.118. The number of carbonyl (C=O) groups excluding carboxylic acids is 1. The molecule has 1 aromatic rings. The molecule has 4 nitrogen and oxygen atoms in total. The number of Topliss-reactive ketones (excluding diaryl/α,β-unsaturated/α-hetero) is 1. The van der Waals surface area contributed by atoms with Crippen LogP contribution in [0, 0.1) is 0 Å². The van der Waals surface area contributed by atoms with Crippen LogP contribution in [0.15, 0.2) is 6.07 Å². The Balaban J connectivity index is 1.87. The maximum absolute atomic E-state index is 12.0. The first kappa shape index (κ1) is 13.6. The van der Waals surface area contributed by atoms with Gasteiger partial charge in [-0.1, -0.05) is 6.92 Å². The summed E-state index contributed by atoms with van der Waals surface area (Å²) < 4.78 is 1.83. The van der Waals surface area contributed by atoms with Crippen LogP contribution in [0.5, 0.6) is 0 Å². The third-order valence-electron chi connectivity index (χ3n) is 3.24. The molecular weight excluding hydrogens is 246 g/mol. The van der Waals surface area contributed by atoms with Crippen LogP contribution < -0.4 is 5.32 Å². The Morgan fingerprint density at radius 3 is 3.11 bits per heavy atom. The quantitative estimate of drug-likeness (QED) is 0.870. The van der Waals surface area contributed by atoms with Crippen LogP contribution in [0.1, 0.15) is 24.7 Å². The van der Waals surface area contributed by atoms with E-state index in [-0.39, 0.29) is 0 Å². The van der Waals surface area contributed by atoms with Crippen LogP contribution in [0.4, 0.5) is 0 Å². The summed E-state index contributed by atoms with van der Waals surface area (Å²) in [7, 11) is 1.91. The molecule has 0 spiro atoms. The largest absolute Gasteiger partial charge is 0.312 e. The molecule has 100 valence electrons. The van der Waals surface area contributed by atoms with Gasteiger partial charge in [0.2, 0.25) is 0 Å². The molecule has 1 saturated heterocycles. The van der Waals surface area contributed by atoms with Gasteiger partial charge in [0.1, 0.15) is 5.78 Å². The molecule has 1 aromatic heterocycles. The molecule has 1 aliphatic rings. The van der Waals surface area contributed by atoms with Gasteiger partial charge in [0.05, 0.1) is 5.69 Å². The third kappa shape index (κ3) is 3.59. The fourth-order valence-corrected chi connectivity index (χ4v) is 3.16. The normalized spacial score (nSPS) is 20.0. The fraction of sp³-hybridized carbons (Fsp3) is 0.692. The van der Waals surface area contributed by atoms with E-state index in [9.17, 15) is 4.79 Å².